The van der Waals surface area contributed by atoms with E-state index in [0.717, 1.165) is 12.1 Å². The molecule has 1 aromatic heterocycles. The number of aliphatic hydroxyl groups is 1. The fraction of sp³-hybridized carbons (Fsp3) is 0.667. The number of aromatic nitrogens is 2. The molecule has 0 amide bonds. The molecule has 0 radical (unpaired) electrons. The minimum atomic E-state index is 0.0228. The summed E-state index contributed by atoms with van der Waals surface area (Å²) in [5.74, 6) is 0.639. The highest BCUT2D eigenvalue weighted by atomic mass is 16.3. The molecule has 0 aliphatic rings. The summed E-state index contributed by atoms with van der Waals surface area (Å²) in [6.45, 7) is 7.00. The Labute approximate surface area is 103 Å². The molecule has 1 unspecified atom stereocenters. The zero-order valence-corrected chi connectivity index (χ0v) is 11.0. The van der Waals surface area contributed by atoms with Crippen LogP contribution in [0.15, 0.2) is 12.4 Å². The second-order valence-corrected chi connectivity index (χ2v) is 4.57. The average molecular weight is 238 g/mol. The molecule has 0 spiro atoms. The van der Waals surface area contributed by atoms with Gasteiger partial charge in [0.1, 0.15) is 0 Å². The van der Waals surface area contributed by atoms with Gasteiger partial charge in [-0.1, -0.05) is 13.8 Å². The molecule has 17 heavy (non-hydrogen) atoms. The molecular formula is C12H22N4O. The molecular weight excluding hydrogens is 216 g/mol. The molecule has 1 heterocycles. The van der Waals surface area contributed by atoms with E-state index in [1.807, 2.05) is 31.3 Å². The summed E-state index contributed by atoms with van der Waals surface area (Å²) in [5, 5.41) is 12.4. The maximum atomic E-state index is 9.06. The van der Waals surface area contributed by atoms with Crippen LogP contribution in [0.2, 0.25) is 0 Å². The van der Waals surface area contributed by atoms with Gasteiger partial charge in [0, 0.05) is 37.6 Å². The minimum absolute atomic E-state index is 0.0228. The zero-order valence-electron chi connectivity index (χ0n) is 11.0. The largest absolute Gasteiger partial charge is 0.394 e. The van der Waals surface area contributed by atoms with Crippen molar-refractivity contribution in [2.75, 3.05) is 18.6 Å². The van der Waals surface area contributed by atoms with Gasteiger partial charge in [0.05, 0.1) is 12.6 Å². The Bertz CT molecular complexity index is 326. The topological polar surface area (TPSA) is 61.3 Å². The van der Waals surface area contributed by atoms with Gasteiger partial charge < -0.3 is 15.3 Å². The fourth-order valence-corrected chi connectivity index (χ4v) is 1.26. The molecule has 5 heteroatoms. The summed E-state index contributed by atoms with van der Waals surface area (Å²) in [7, 11) is 1.88. The van der Waals surface area contributed by atoms with Crippen molar-refractivity contribution in [1.29, 1.82) is 0 Å². The van der Waals surface area contributed by atoms with E-state index in [2.05, 4.69) is 29.1 Å². The summed E-state index contributed by atoms with van der Waals surface area (Å²) < 4.78 is 0. The van der Waals surface area contributed by atoms with Crippen LogP contribution < -0.4 is 10.2 Å². The van der Waals surface area contributed by atoms with Crippen molar-refractivity contribution in [2.24, 2.45) is 0 Å². The van der Waals surface area contributed by atoms with Crippen molar-refractivity contribution in [2.45, 2.75) is 39.4 Å². The zero-order chi connectivity index (χ0) is 12.8. The molecule has 0 aliphatic heterocycles. The molecule has 0 aliphatic carbocycles. The quantitative estimate of drug-likeness (QED) is 0.767. The second kappa shape index (κ2) is 6.51. The standard InChI is InChI=1S/C12H22N4O/c1-9(2)13-5-11-6-14-12(15-7-11)16(4)10(3)8-17/h6-7,9-10,13,17H,5,8H2,1-4H3. The molecule has 1 atom stereocenters. The summed E-state index contributed by atoms with van der Waals surface area (Å²) in [4.78, 5) is 10.4. The molecule has 0 aromatic carbocycles. The molecule has 2 N–H and O–H groups in total. The third-order valence-corrected chi connectivity index (χ3v) is 2.65. The van der Waals surface area contributed by atoms with Crippen LogP contribution in [0.5, 0.6) is 0 Å². The molecule has 0 bridgehead atoms. The lowest BCUT2D eigenvalue weighted by Crippen LogP contribution is -2.33. The van der Waals surface area contributed by atoms with E-state index in [0.29, 0.717) is 12.0 Å². The molecule has 0 saturated heterocycles. The van der Waals surface area contributed by atoms with E-state index in [1.165, 1.54) is 0 Å². The number of nitrogens with zero attached hydrogens (tertiary/aromatic N) is 3. The number of aliphatic hydroxyl groups excluding tert-OH is 1. The van der Waals surface area contributed by atoms with Crippen molar-refractivity contribution in [3.63, 3.8) is 0 Å². The van der Waals surface area contributed by atoms with Gasteiger partial charge in [-0.05, 0) is 6.92 Å². The maximum absolute atomic E-state index is 9.06. The van der Waals surface area contributed by atoms with Crippen LogP contribution in [0.1, 0.15) is 26.3 Å². The van der Waals surface area contributed by atoms with Crippen LogP contribution in [0.3, 0.4) is 0 Å². The number of anilines is 1. The van der Waals surface area contributed by atoms with Crippen LogP contribution in [0.4, 0.5) is 5.95 Å². The summed E-state index contributed by atoms with van der Waals surface area (Å²) in [6, 6.07) is 0.474. The van der Waals surface area contributed by atoms with Crippen molar-refractivity contribution >= 4 is 5.95 Å². The van der Waals surface area contributed by atoms with E-state index in [4.69, 9.17) is 5.11 Å². The van der Waals surface area contributed by atoms with E-state index >= 15 is 0 Å². The normalized spacial score (nSPS) is 12.8. The molecule has 96 valence electrons. The third kappa shape index (κ3) is 4.28. The van der Waals surface area contributed by atoms with Crippen LogP contribution in [0, 0.1) is 0 Å². The van der Waals surface area contributed by atoms with Gasteiger partial charge in [0.15, 0.2) is 0 Å². The first-order valence-corrected chi connectivity index (χ1v) is 5.92. The number of hydrogen-bond acceptors (Lipinski definition) is 5. The number of rotatable bonds is 6. The SMILES string of the molecule is CC(C)NCc1cnc(N(C)C(C)CO)nc1. The summed E-state index contributed by atoms with van der Waals surface area (Å²) in [6.07, 6.45) is 3.64. The summed E-state index contributed by atoms with van der Waals surface area (Å²) in [5.41, 5.74) is 1.06. The lowest BCUT2D eigenvalue weighted by molar-refractivity contribution is 0.269. The molecule has 0 fully saturated rings. The minimum Gasteiger partial charge on any atom is -0.394 e. The highest BCUT2D eigenvalue weighted by Gasteiger charge is 2.10. The van der Waals surface area contributed by atoms with Crippen LogP contribution in [-0.4, -0.2) is 40.8 Å². The molecule has 5 nitrogen and oxygen atoms in total. The second-order valence-electron chi connectivity index (χ2n) is 4.57. The van der Waals surface area contributed by atoms with Gasteiger partial charge in [0.25, 0.3) is 0 Å². The Balaban J connectivity index is 2.61. The lowest BCUT2D eigenvalue weighted by atomic mass is 10.3. The average Bonchev–Trinajstić information content (AvgIpc) is 2.35. The van der Waals surface area contributed by atoms with Gasteiger partial charge in [0.2, 0.25) is 5.95 Å². The van der Waals surface area contributed by atoms with Crippen molar-refractivity contribution < 1.29 is 5.11 Å². The Morgan fingerprint density at radius 3 is 2.35 bits per heavy atom. The first kappa shape index (κ1) is 13.9. The van der Waals surface area contributed by atoms with Crippen LogP contribution in [0.25, 0.3) is 0 Å². The van der Waals surface area contributed by atoms with Gasteiger partial charge >= 0.3 is 0 Å². The summed E-state index contributed by atoms with van der Waals surface area (Å²) >= 11 is 0. The highest BCUT2D eigenvalue weighted by Crippen LogP contribution is 2.08. The number of nitrogens with one attached hydrogen (secondary N) is 1. The first-order valence-electron chi connectivity index (χ1n) is 5.92. The number of hydrogen-bond donors (Lipinski definition) is 2. The Kier molecular flexibility index (Phi) is 5.31. The number of likely N-dealkylation sites (N-methyl/N-ethyl adjacent to an activating group) is 1. The van der Waals surface area contributed by atoms with E-state index in [1.54, 1.807) is 0 Å². The predicted molar refractivity (Wildman–Crippen MR) is 69.0 cm³/mol. The molecule has 0 saturated carbocycles. The van der Waals surface area contributed by atoms with Crippen molar-refractivity contribution in [1.82, 2.24) is 15.3 Å². The fourth-order valence-electron chi connectivity index (χ4n) is 1.26. The van der Waals surface area contributed by atoms with E-state index in [9.17, 15) is 0 Å². The lowest BCUT2D eigenvalue weighted by Gasteiger charge is -2.22. The highest BCUT2D eigenvalue weighted by molar-refractivity contribution is 5.29. The van der Waals surface area contributed by atoms with Gasteiger partial charge in [-0.3, -0.25) is 0 Å². The van der Waals surface area contributed by atoms with Gasteiger partial charge in [-0.15, -0.1) is 0 Å². The van der Waals surface area contributed by atoms with Gasteiger partial charge in [-0.2, -0.15) is 0 Å². The first-order chi connectivity index (χ1) is 8.04. The molecule has 1 rings (SSSR count). The van der Waals surface area contributed by atoms with Crippen molar-refractivity contribution in [3.05, 3.63) is 18.0 Å². The Morgan fingerprint density at radius 1 is 1.29 bits per heavy atom. The van der Waals surface area contributed by atoms with Crippen LogP contribution in [-0.2, 0) is 6.54 Å². The smallest absolute Gasteiger partial charge is 0.225 e. The molecule has 1 aromatic rings. The Hall–Kier alpha value is -1.20. The van der Waals surface area contributed by atoms with Crippen molar-refractivity contribution in [3.8, 4) is 0 Å². The van der Waals surface area contributed by atoms with E-state index < -0.39 is 0 Å². The van der Waals surface area contributed by atoms with Gasteiger partial charge in [-0.25, -0.2) is 9.97 Å². The van der Waals surface area contributed by atoms with Crippen LogP contribution >= 0.6 is 0 Å². The maximum Gasteiger partial charge on any atom is 0.225 e. The predicted octanol–water partition coefficient (Wildman–Crippen LogP) is 0.792. The Morgan fingerprint density at radius 2 is 1.88 bits per heavy atom. The van der Waals surface area contributed by atoms with E-state index in [-0.39, 0.29) is 12.6 Å². The third-order valence-electron chi connectivity index (χ3n) is 2.65. The monoisotopic (exact) mass is 238 g/mol.